The van der Waals surface area contributed by atoms with E-state index >= 15 is 0 Å². The standard InChI is InChI=1S/C26H35N6O11P/c1-5-39-17(33)13-42-44(37,31-18(23(35)40-6-2)15-10-8-7-9-11-15)41-12-16-20(34)26(3,36)24(43-16)32-14-28-19-21(32)29-25(27)30-22(19)38-4/h7-11,14,16,18,20,24,34,36H,5-6,12-13H2,1-4H3,(H,31,37)(H2,27,29,30). The summed E-state index contributed by atoms with van der Waals surface area (Å²) in [7, 11) is -3.18. The number of benzene rings is 1. The van der Waals surface area contributed by atoms with E-state index < -0.39 is 63.0 Å². The molecule has 1 saturated heterocycles. The summed E-state index contributed by atoms with van der Waals surface area (Å²) in [5, 5.41) is 24.9. The molecule has 1 fully saturated rings. The van der Waals surface area contributed by atoms with Crippen molar-refractivity contribution in [3.63, 3.8) is 0 Å². The van der Waals surface area contributed by atoms with Crippen LogP contribution in [0.15, 0.2) is 36.7 Å². The van der Waals surface area contributed by atoms with Crippen molar-refractivity contribution in [2.75, 3.05) is 39.3 Å². The Bertz CT molecular complexity index is 1500. The number of fused-ring (bicyclic) bond motifs is 1. The summed E-state index contributed by atoms with van der Waals surface area (Å²) >= 11 is 0. The van der Waals surface area contributed by atoms with Gasteiger partial charge in [0.05, 0.1) is 33.3 Å². The van der Waals surface area contributed by atoms with Crippen molar-refractivity contribution in [3.8, 4) is 5.88 Å². The molecule has 0 spiro atoms. The van der Waals surface area contributed by atoms with Crippen LogP contribution in [0.1, 0.15) is 38.6 Å². The third-order valence-electron chi connectivity index (χ3n) is 6.62. The van der Waals surface area contributed by atoms with Gasteiger partial charge in [-0.05, 0) is 26.3 Å². The fraction of sp³-hybridized carbons (Fsp3) is 0.500. The molecule has 6 unspecified atom stereocenters. The van der Waals surface area contributed by atoms with Gasteiger partial charge < -0.3 is 34.9 Å². The Morgan fingerprint density at radius 3 is 2.55 bits per heavy atom. The molecule has 17 nitrogen and oxygen atoms in total. The van der Waals surface area contributed by atoms with E-state index in [1.165, 1.54) is 24.9 Å². The molecule has 3 aromatic rings. The van der Waals surface area contributed by atoms with E-state index in [1.54, 1.807) is 44.2 Å². The minimum Gasteiger partial charge on any atom is -0.479 e. The Kier molecular flexibility index (Phi) is 10.5. The number of hydrogen-bond acceptors (Lipinski definition) is 15. The molecule has 18 heteroatoms. The van der Waals surface area contributed by atoms with Crippen molar-refractivity contribution in [1.82, 2.24) is 24.6 Å². The highest BCUT2D eigenvalue weighted by Gasteiger charge is 2.54. The molecule has 4 rings (SSSR count). The van der Waals surface area contributed by atoms with Crippen molar-refractivity contribution in [2.24, 2.45) is 0 Å². The monoisotopic (exact) mass is 638 g/mol. The number of carbonyl (C=O) groups is 2. The van der Waals surface area contributed by atoms with Gasteiger partial charge >= 0.3 is 19.7 Å². The van der Waals surface area contributed by atoms with Crippen LogP contribution in [-0.2, 0) is 37.4 Å². The Morgan fingerprint density at radius 2 is 1.89 bits per heavy atom. The molecule has 0 radical (unpaired) electrons. The van der Waals surface area contributed by atoms with Gasteiger partial charge in [0.25, 0.3) is 0 Å². The van der Waals surface area contributed by atoms with Crippen LogP contribution in [0.5, 0.6) is 5.88 Å². The number of rotatable bonds is 14. The van der Waals surface area contributed by atoms with Gasteiger partial charge in [-0.2, -0.15) is 9.97 Å². The lowest BCUT2D eigenvalue weighted by Gasteiger charge is -2.27. The summed E-state index contributed by atoms with van der Waals surface area (Å²) in [6.45, 7) is 3.16. The Morgan fingerprint density at radius 1 is 1.18 bits per heavy atom. The maximum absolute atomic E-state index is 14.0. The third-order valence-corrected chi connectivity index (χ3v) is 8.15. The first-order valence-corrected chi connectivity index (χ1v) is 15.1. The number of aliphatic hydroxyl groups excluding tert-OH is 1. The number of carbonyl (C=O) groups excluding carboxylic acids is 2. The molecule has 6 atom stereocenters. The molecule has 0 aliphatic carbocycles. The molecule has 0 saturated carbocycles. The van der Waals surface area contributed by atoms with E-state index in [1.807, 2.05) is 0 Å². The van der Waals surface area contributed by atoms with Gasteiger partial charge in [0, 0.05) is 0 Å². The molecular formula is C26H35N6O11P. The molecule has 3 heterocycles. The molecule has 2 aromatic heterocycles. The molecule has 0 amide bonds. The predicted molar refractivity (Wildman–Crippen MR) is 152 cm³/mol. The fourth-order valence-corrected chi connectivity index (χ4v) is 5.93. The van der Waals surface area contributed by atoms with Gasteiger partial charge in [-0.3, -0.25) is 13.6 Å². The SMILES string of the molecule is CCOC(=O)COP(=O)(NC(C(=O)OCC)c1ccccc1)OCC1OC(n2cnc3c(OC)nc(N)nc32)C(C)(O)C1O. The molecule has 1 aromatic carbocycles. The van der Waals surface area contributed by atoms with Gasteiger partial charge in [0.1, 0.15) is 23.9 Å². The maximum atomic E-state index is 14.0. The topological polar surface area (TPSA) is 229 Å². The molecule has 1 aliphatic heterocycles. The summed E-state index contributed by atoms with van der Waals surface area (Å²) in [5.41, 5.74) is 4.60. The summed E-state index contributed by atoms with van der Waals surface area (Å²) in [6, 6.07) is 6.90. The second kappa shape index (κ2) is 13.9. The minimum atomic E-state index is -4.55. The van der Waals surface area contributed by atoms with Crippen molar-refractivity contribution in [2.45, 2.75) is 50.8 Å². The molecule has 5 N–H and O–H groups in total. The zero-order valence-electron chi connectivity index (χ0n) is 24.5. The molecule has 1 aliphatic rings. The lowest BCUT2D eigenvalue weighted by Crippen LogP contribution is -2.44. The highest BCUT2D eigenvalue weighted by atomic mass is 31.2. The highest BCUT2D eigenvalue weighted by molar-refractivity contribution is 7.51. The number of anilines is 1. The number of nitrogens with zero attached hydrogens (tertiary/aromatic N) is 4. The zero-order valence-corrected chi connectivity index (χ0v) is 25.4. The van der Waals surface area contributed by atoms with Crippen LogP contribution in [0.2, 0.25) is 0 Å². The van der Waals surface area contributed by atoms with Crippen LogP contribution in [0, 0.1) is 0 Å². The van der Waals surface area contributed by atoms with Crippen LogP contribution in [-0.4, -0.2) is 93.0 Å². The number of ether oxygens (including phenoxy) is 4. The third kappa shape index (κ3) is 7.15. The number of nitrogen functional groups attached to an aromatic ring is 1. The van der Waals surface area contributed by atoms with Crippen molar-refractivity contribution in [3.05, 3.63) is 42.2 Å². The van der Waals surface area contributed by atoms with E-state index in [0.717, 1.165) is 0 Å². The number of aromatic nitrogens is 4. The fourth-order valence-electron chi connectivity index (χ4n) is 4.51. The number of methoxy groups -OCH3 is 1. The first-order valence-electron chi connectivity index (χ1n) is 13.6. The quantitative estimate of drug-likeness (QED) is 0.143. The summed E-state index contributed by atoms with van der Waals surface area (Å²) in [4.78, 5) is 37.3. The van der Waals surface area contributed by atoms with Crippen LogP contribution in [0.4, 0.5) is 5.95 Å². The van der Waals surface area contributed by atoms with Crippen LogP contribution in [0.3, 0.4) is 0 Å². The van der Waals surface area contributed by atoms with Gasteiger partial charge in [0.15, 0.2) is 24.0 Å². The molecule has 44 heavy (non-hydrogen) atoms. The maximum Gasteiger partial charge on any atom is 0.407 e. The summed E-state index contributed by atoms with van der Waals surface area (Å²) in [6.07, 6.45) is -2.87. The number of nitrogens with one attached hydrogen (secondary N) is 1. The normalized spacial score (nSPS) is 23.6. The van der Waals surface area contributed by atoms with Crippen LogP contribution >= 0.6 is 7.75 Å². The average molecular weight is 639 g/mol. The largest absolute Gasteiger partial charge is 0.479 e. The van der Waals surface area contributed by atoms with Gasteiger partial charge in [0.2, 0.25) is 11.8 Å². The number of hydrogen-bond donors (Lipinski definition) is 4. The molecule has 0 bridgehead atoms. The van der Waals surface area contributed by atoms with Crippen LogP contribution < -0.4 is 15.6 Å². The molecule has 240 valence electrons. The number of imidazole rings is 1. The number of esters is 2. The lowest BCUT2D eigenvalue weighted by molar-refractivity contribution is -0.145. The Balaban J connectivity index is 1.59. The van der Waals surface area contributed by atoms with E-state index in [2.05, 4.69) is 20.0 Å². The number of nitrogens with two attached hydrogens (primary N) is 1. The van der Waals surface area contributed by atoms with Crippen molar-refractivity contribution >= 4 is 36.8 Å². The predicted octanol–water partition coefficient (Wildman–Crippen LogP) is 1.02. The first-order chi connectivity index (χ1) is 20.9. The lowest BCUT2D eigenvalue weighted by atomic mass is 9.96. The highest BCUT2D eigenvalue weighted by Crippen LogP contribution is 2.48. The van der Waals surface area contributed by atoms with Crippen molar-refractivity contribution in [1.29, 1.82) is 0 Å². The smallest absolute Gasteiger partial charge is 0.407 e. The number of aliphatic hydroxyl groups is 2. The zero-order chi connectivity index (χ0) is 32.1. The summed E-state index contributed by atoms with van der Waals surface area (Å²) < 4.78 is 47.5. The first kappa shape index (κ1) is 33.2. The van der Waals surface area contributed by atoms with Gasteiger partial charge in [-0.25, -0.2) is 24.2 Å². The average Bonchev–Trinajstić information content (AvgIpc) is 3.51. The Labute approximate surface area is 252 Å². The Hall–Kier alpha value is -3.70. The minimum absolute atomic E-state index is 0.0304. The van der Waals surface area contributed by atoms with Crippen LogP contribution in [0.25, 0.3) is 11.2 Å². The van der Waals surface area contributed by atoms with Crippen molar-refractivity contribution < 1.29 is 52.4 Å². The summed E-state index contributed by atoms with van der Waals surface area (Å²) in [5.74, 6) is -1.67. The van der Waals surface area contributed by atoms with E-state index in [0.29, 0.717) is 5.56 Å². The van der Waals surface area contributed by atoms with E-state index in [-0.39, 0.29) is 36.2 Å². The second-order valence-electron chi connectivity index (χ2n) is 9.71. The molecular weight excluding hydrogens is 603 g/mol. The van der Waals surface area contributed by atoms with E-state index in [4.69, 9.17) is 33.7 Å². The van der Waals surface area contributed by atoms with Gasteiger partial charge in [-0.15, -0.1) is 0 Å². The second-order valence-corrected chi connectivity index (χ2v) is 11.5. The van der Waals surface area contributed by atoms with E-state index in [9.17, 15) is 24.4 Å². The van der Waals surface area contributed by atoms with Gasteiger partial charge in [-0.1, -0.05) is 30.3 Å².